The monoisotopic (exact) mass is 350 g/mol. The van der Waals surface area contributed by atoms with E-state index in [1.807, 2.05) is 32.3 Å². The SMILES string of the molecule is CCOC(C)n1cnc2c3ccc(OC)cc3c3cc(OC)ccc3c21. The molecular formula is C21H22N2O3. The number of aromatic nitrogens is 2. The molecule has 0 aliphatic carbocycles. The molecule has 0 radical (unpaired) electrons. The van der Waals surface area contributed by atoms with Gasteiger partial charge < -0.3 is 18.8 Å². The highest BCUT2D eigenvalue weighted by Gasteiger charge is 2.17. The topological polar surface area (TPSA) is 45.5 Å². The van der Waals surface area contributed by atoms with Crippen LogP contribution in [0.1, 0.15) is 20.1 Å². The van der Waals surface area contributed by atoms with E-state index in [2.05, 4.69) is 28.8 Å². The fourth-order valence-electron chi connectivity index (χ4n) is 3.58. The van der Waals surface area contributed by atoms with E-state index in [0.717, 1.165) is 44.1 Å². The number of methoxy groups -OCH3 is 2. The maximum atomic E-state index is 5.81. The average Bonchev–Trinajstić information content (AvgIpc) is 3.13. The first-order valence-corrected chi connectivity index (χ1v) is 8.73. The molecule has 4 rings (SSSR count). The summed E-state index contributed by atoms with van der Waals surface area (Å²) in [5.74, 6) is 1.65. The van der Waals surface area contributed by atoms with Crippen LogP contribution < -0.4 is 9.47 Å². The second-order valence-corrected chi connectivity index (χ2v) is 6.23. The van der Waals surface area contributed by atoms with Crippen LogP contribution in [0.5, 0.6) is 11.5 Å². The molecule has 1 atom stereocenters. The smallest absolute Gasteiger partial charge is 0.132 e. The van der Waals surface area contributed by atoms with Crippen LogP contribution >= 0.6 is 0 Å². The number of benzene rings is 3. The predicted molar refractivity (Wildman–Crippen MR) is 104 cm³/mol. The highest BCUT2D eigenvalue weighted by Crippen LogP contribution is 2.38. The Morgan fingerprint density at radius 3 is 2.15 bits per heavy atom. The van der Waals surface area contributed by atoms with Crippen LogP contribution in [-0.2, 0) is 4.74 Å². The molecule has 0 amide bonds. The van der Waals surface area contributed by atoms with E-state index in [4.69, 9.17) is 19.2 Å². The second-order valence-electron chi connectivity index (χ2n) is 6.23. The number of hydrogen-bond acceptors (Lipinski definition) is 4. The molecule has 4 aromatic rings. The van der Waals surface area contributed by atoms with Gasteiger partial charge in [-0.25, -0.2) is 4.98 Å². The van der Waals surface area contributed by atoms with Crippen molar-refractivity contribution in [3.63, 3.8) is 0 Å². The first-order valence-electron chi connectivity index (χ1n) is 8.73. The number of hydrogen-bond donors (Lipinski definition) is 0. The van der Waals surface area contributed by atoms with E-state index >= 15 is 0 Å². The lowest BCUT2D eigenvalue weighted by atomic mass is 9.99. The molecule has 0 aliphatic rings. The Bertz CT molecular complexity index is 1100. The molecule has 134 valence electrons. The van der Waals surface area contributed by atoms with E-state index < -0.39 is 0 Å². The predicted octanol–water partition coefficient (Wildman–Crippen LogP) is 4.91. The van der Waals surface area contributed by atoms with E-state index in [0.29, 0.717) is 6.61 Å². The third-order valence-corrected chi connectivity index (χ3v) is 4.85. The fourth-order valence-corrected chi connectivity index (χ4v) is 3.58. The van der Waals surface area contributed by atoms with Crippen LogP contribution in [-0.4, -0.2) is 30.4 Å². The molecule has 0 saturated heterocycles. The van der Waals surface area contributed by atoms with Gasteiger partial charge in [0.25, 0.3) is 0 Å². The average molecular weight is 350 g/mol. The van der Waals surface area contributed by atoms with Crippen molar-refractivity contribution >= 4 is 32.6 Å². The van der Waals surface area contributed by atoms with Gasteiger partial charge in [-0.2, -0.15) is 0 Å². The van der Waals surface area contributed by atoms with Crippen LogP contribution in [0.15, 0.2) is 42.7 Å². The molecule has 0 fully saturated rings. The number of nitrogens with zero attached hydrogens (tertiary/aromatic N) is 2. The molecule has 0 spiro atoms. The third-order valence-electron chi connectivity index (χ3n) is 4.85. The highest BCUT2D eigenvalue weighted by atomic mass is 16.5. The lowest BCUT2D eigenvalue weighted by Gasteiger charge is -2.16. The van der Waals surface area contributed by atoms with Gasteiger partial charge in [0.2, 0.25) is 0 Å². The van der Waals surface area contributed by atoms with Crippen molar-refractivity contribution < 1.29 is 14.2 Å². The minimum Gasteiger partial charge on any atom is -0.497 e. The Hall–Kier alpha value is -2.79. The first-order chi connectivity index (χ1) is 12.7. The van der Waals surface area contributed by atoms with Crippen LogP contribution in [0, 0.1) is 0 Å². The van der Waals surface area contributed by atoms with E-state index in [9.17, 15) is 0 Å². The van der Waals surface area contributed by atoms with Crippen LogP contribution in [0.2, 0.25) is 0 Å². The quantitative estimate of drug-likeness (QED) is 0.480. The summed E-state index contributed by atoms with van der Waals surface area (Å²) in [5, 5.41) is 4.41. The summed E-state index contributed by atoms with van der Waals surface area (Å²) in [6.45, 7) is 4.69. The van der Waals surface area contributed by atoms with Crippen molar-refractivity contribution in [3.8, 4) is 11.5 Å². The van der Waals surface area contributed by atoms with Gasteiger partial charge >= 0.3 is 0 Å². The van der Waals surface area contributed by atoms with Crippen molar-refractivity contribution in [1.29, 1.82) is 0 Å². The van der Waals surface area contributed by atoms with Gasteiger partial charge in [0, 0.05) is 17.4 Å². The lowest BCUT2D eigenvalue weighted by Crippen LogP contribution is -2.08. The summed E-state index contributed by atoms with van der Waals surface area (Å²) >= 11 is 0. The molecule has 0 N–H and O–H groups in total. The Morgan fingerprint density at radius 1 is 0.923 bits per heavy atom. The summed E-state index contributed by atoms with van der Waals surface area (Å²) in [6.07, 6.45) is 1.77. The molecular weight excluding hydrogens is 328 g/mol. The molecule has 26 heavy (non-hydrogen) atoms. The summed E-state index contributed by atoms with van der Waals surface area (Å²) in [6, 6.07) is 12.2. The second kappa shape index (κ2) is 6.50. The van der Waals surface area contributed by atoms with Crippen molar-refractivity contribution in [2.24, 2.45) is 0 Å². The summed E-state index contributed by atoms with van der Waals surface area (Å²) < 4.78 is 18.8. The van der Waals surface area contributed by atoms with E-state index in [1.54, 1.807) is 14.2 Å². The van der Waals surface area contributed by atoms with Crippen LogP contribution in [0.3, 0.4) is 0 Å². The van der Waals surface area contributed by atoms with Gasteiger partial charge in [-0.15, -0.1) is 0 Å². The van der Waals surface area contributed by atoms with E-state index in [-0.39, 0.29) is 6.23 Å². The summed E-state index contributed by atoms with van der Waals surface area (Å²) in [7, 11) is 3.37. The third kappa shape index (κ3) is 2.47. The Balaban J connectivity index is 2.17. The zero-order valence-corrected chi connectivity index (χ0v) is 15.4. The molecule has 3 aromatic carbocycles. The van der Waals surface area contributed by atoms with Gasteiger partial charge in [-0.05, 0) is 61.0 Å². The fraction of sp³-hybridized carbons (Fsp3) is 0.286. The van der Waals surface area contributed by atoms with Crippen LogP contribution in [0.25, 0.3) is 32.6 Å². The number of rotatable bonds is 5. The van der Waals surface area contributed by atoms with Gasteiger partial charge in [0.05, 0.1) is 31.6 Å². The standard InChI is InChI=1S/C21H22N2O3/c1-5-26-13(2)23-12-22-20-16-8-6-14(24-3)10-18(16)19-11-15(25-4)7-9-17(19)21(20)23/h6-13H,5H2,1-4H3. The zero-order chi connectivity index (χ0) is 18.3. The summed E-state index contributed by atoms with van der Waals surface area (Å²) in [5.41, 5.74) is 2.04. The number of fused-ring (bicyclic) bond motifs is 6. The Morgan fingerprint density at radius 2 is 1.54 bits per heavy atom. The molecule has 0 saturated carbocycles. The largest absolute Gasteiger partial charge is 0.497 e. The Kier molecular flexibility index (Phi) is 4.17. The van der Waals surface area contributed by atoms with Crippen molar-refractivity contribution in [1.82, 2.24) is 9.55 Å². The normalized spacial score (nSPS) is 12.8. The van der Waals surface area contributed by atoms with Crippen molar-refractivity contribution in [2.45, 2.75) is 20.1 Å². The molecule has 5 heteroatoms. The molecule has 1 aromatic heterocycles. The molecule has 1 heterocycles. The maximum absolute atomic E-state index is 5.81. The highest BCUT2D eigenvalue weighted by molar-refractivity contribution is 6.23. The summed E-state index contributed by atoms with van der Waals surface area (Å²) in [4.78, 5) is 4.71. The number of imidazole rings is 1. The van der Waals surface area contributed by atoms with Crippen LogP contribution in [0.4, 0.5) is 0 Å². The van der Waals surface area contributed by atoms with Gasteiger partial charge in [0.1, 0.15) is 17.7 Å². The molecule has 5 nitrogen and oxygen atoms in total. The van der Waals surface area contributed by atoms with Crippen molar-refractivity contribution in [2.75, 3.05) is 20.8 Å². The minimum atomic E-state index is -0.0917. The number of ether oxygens (including phenoxy) is 3. The lowest BCUT2D eigenvalue weighted by molar-refractivity contribution is 0.0277. The van der Waals surface area contributed by atoms with E-state index in [1.165, 1.54) is 0 Å². The van der Waals surface area contributed by atoms with Crippen molar-refractivity contribution in [3.05, 3.63) is 42.7 Å². The molecule has 1 unspecified atom stereocenters. The van der Waals surface area contributed by atoms with Gasteiger partial charge in [-0.3, -0.25) is 0 Å². The maximum Gasteiger partial charge on any atom is 0.132 e. The Labute approximate surface area is 152 Å². The minimum absolute atomic E-state index is 0.0917. The zero-order valence-electron chi connectivity index (χ0n) is 15.4. The molecule has 0 bridgehead atoms. The first kappa shape index (κ1) is 16.7. The van der Waals surface area contributed by atoms with Gasteiger partial charge in [-0.1, -0.05) is 0 Å². The van der Waals surface area contributed by atoms with Gasteiger partial charge in [0.15, 0.2) is 0 Å². The molecule has 0 aliphatic heterocycles.